The number of carbonyl (C=O) groups excluding carboxylic acids is 2. The van der Waals surface area contributed by atoms with Crippen LogP contribution in [0.4, 0.5) is 11.4 Å². The maximum atomic E-state index is 14.2. The number of hydrogen-bond acceptors (Lipinski definition) is 6. The van der Waals surface area contributed by atoms with Gasteiger partial charge in [-0.25, -0.2) is 0 Å². The van der Waals surface area contributed by atoms with Crippen LogP contribution in [0.3, 0.4) is 0 Å². The smallest absolute Gasteiger partial charge is 0.255 e. The van der Waals surface area contributed by atoms with Gasteiger partial charge in [0, 0.05) is 12.1 Å². The van der Waals surface area contributed by atoms with E-state index in [1.807, 2.05) is 43.3 Å². The van der Waals surface area contributed by atoms with E-state index in [2.05, 4.69) is 5.32 Å². The van der Waals surface area contributed by atoms with Crippen LogP contribution in [0.25, 0.3) is 6.08 Å². The number of β-lactam (4-membered cyclic amide) rings is 1. The van der Waals surface area contributed by atoms with Gasteiger partial charge in [-0.3, -0.25) is 14.5 Å². The molecule has 1 atom stereocenters. The van der Waals surface area contributed by atoms with Gasteiger partial charge < -0.3 is 24.3 Å². The number of amides is 2. The summed E-state index contributed by atoms with van der Waals surface area (Å²) in [7, 11) is 6.13. The van der Waals surface area contributed by atoms with Crippen molar-refractivity contribution in [1.29, 1.82) is 0 Å². The molecule has 1 N–H and O–H groups in total. The third-order valence-corrected chi connectivity index (χ3v) is 6.53. The maximum absolute atomic E-state index is 14.2. The second-order valence-corrected chi connectivity index (χ2v) is 8.56. The highest BCUT2D eigenvalue weighted by atomic mass is 16.5. The average Bonchev–Trinajstić information content (AvgIpc) is 2.91. The number of anilines is 2. The van der Waals surface area contributed by atoms with Gasteiger partial charge in [0.25, 0.3) is 5.91 Å². The van der Waals surface area contributed by atoms with E-state index in [0.717, 1.165) is 5.56 Å². The largest absolute Gasteiger partial charge is 0.497 e. The first-order valence-corrected chi connectivity index (χ1v) is 11.7. The highest BCUT2D eigenvalue weighted by Crippen LogP contribution is 2.48. The molecular formula is C29H30N2O6. The number of methoxy groups -OCH3 is 4. The minimum Gasteiger partial charge on any atom is -0.497 e. The SMILES string of the molecule is COc1ccc(OC)c(NC(=O)C2(C(C)=Cc3ccccc3)CC(=O)N2c2cc(OC)ccc2OC)c1. The fourth-order valence-electron chi connectivity index (χ4n) is 4.54. The Labute approximate surface area is 216 Å². The van der Waals surface area contributed by atoms with E-state index < -0.39 is 11.4 Å². The topological polar surface area (TPSA) is 86.3 Å². The van der Waals surface area contributed by atoms with Crippen molar-refractivity contribution in [2.45, 2.75) is 18.9 Å². The van der Waals surface area contributed by atoms with Gasteiger partial charge in [0.2, 0.25) is 5.91 Å². The van der Waals surface area contributed by atoms with E-state index in [4.69, 9.17) is 18.9 Å². The van der Waals surface area contributed by atoms with E-state index in [1.165, 1.54) is 19.1 Å². The second kappa shape index (κ2) is 10.7. The van der Waals surface area contributed by atoms with Crippen molar-refractivity contribution < 1.29 is 28.5 Å². The second-order valence-electron chi connectivity index (χ2n) is 8.56. The normalized spacial score (nSPS) is 17.1. The summed E-state index contributed by atoms with van der Waals surface area (Å²) in [6.45, 7) is 1.85. The standard InChI is InChI=1S/C29H30N2O6/c1-19(15-20-9-7-6-8-10-20)29(28(33)30-23-16-21(34-2)11-13-25(23)36-4)18-27(32)31(29)24-17-22(35-3)12-14-26(24)37-5/h6-17H,18H2,1-5H3,(H,30,33). The molecule has 8 heteroatoms. The molecule has 1 unspecified atom stereocenters. The van der Waals surface area contributed by atoms with Crippen LogP contribution in [-0.2, 0) is 9.59 Å². The lowest BCUT2D eigenvalue weighted by Gasteiger charge is -2.51. The average molecular weight is 503 g/mol. The summed E-state index contributed by atoms with van der Waals surface area (Å²) in [6, 6.07) is 19.9. The summed E-state index contributed by atoms with van der Waals surface area (Å²) in [5.41, 5.74) is 1.12. The number of hydrogen-bond donors (Lipinski definition) is 1. The molecule has 0 spiro atoms. The fraction of sp³-hybridized carbons (Fsp3) is 0.241. The summed E-state index contributed by atoms with van der Waals surface area (Å²) < 4.78 is 21.8. The van der Waals surface area contributed by atoms with Crippen LogP contribution in [-0.4, -0.2) is 45.8 Å². The third kappa shape index (κ3) is 4.70. The molecule has 1 heterocycles. The molecule has 0 saturated carbocycles. The molecule has 0 bridgehead atoms. The molecule has 1 fully saturated rings. The van der Waals surface area contributed by atoms with Gasteiger partial charge in [-0.05, 0) is 42.3 Å². The van der Waals surface area contributed by atoms with Gasteiger partial charge in [-0.15, -0.1) is 0 Å². The summed E-state index contributed by atoms with van der Waals surface area (Å²) >= 11 is 0. The van der Waals surface area contributed by atoms with Gasteiger partial charge in [-0.2, -0.15) is 0 Å². The van der Waals surface area contributed by atoms with Gasteiger partial charge in [0.15, 0.2) is 5.54 Å². The van der Waals surface area contributed by atoms with Crippen molar-refractivity contribution in [2.75, 3.05) is 38.7 Å². The summed E-state index contributed by atoms with van der Waals surface area (Å²) in [6.07, 6.45) is 1.88. The number of carbonyl (C=O) groups is 2. The quantitative estimate of drug-likeness (QED) is 0.417. The lowest BCUT2D eigenvalue weighted by atomic mass is 9.75. The Morgan fingerprint density at radius 3 is 2.08 bits per heavy atom. The van der Waals surface area contributed by atoms with Crippen LogP contribution < -0.4 is 29.2 Å². The summed E-state index contributed by atoms with van der Waals surface area (Å²) in [5.74, 6) is 1.37. The van der Waals surface area contributed by atoms with E-state index in [0.29, 0.717) is 39.9 Å². The predicted octanol–water partition coefficient (Wildman–Crippen LogP) is 4.94. The molecule has 1 aliphatic rings. The lowest BCUT2D eigenvalue weighted by Crippen LogP contribution is -2.70. The minimum absolute atomic E-state index is 0.0271. The maximum Gasteiger partial charge on any atom is 0.255 e. The van der Waals surface area contributed by atoms with Crippen molar-refractivity contribution in [2.24, 2.45) is 0 Å². The first kappa shape index (κ1) is 25.6. The van der Waals surface area contributed by atoms with Crippen LogP contribution in [0.15, 0.2) is 72.3 Å². The molecule has 192 valence electrons. The Kier molecular flexibility index (Phi) is 7.38. The van der Waals surface area contributed by atoms with Gasteiger partial charge in [0.05, 0.1) is 46.2 Å². The lowest BCUT2D eigenvalue weighted by molar-refractivity contribution is -0.135. The zero-order chi connectivity index (χ0) is 26.6. The first-order valence-electron chi connectivity index (χ1n) is 11.7. The van der Waals surface area contributed by atoms with Crippen molar-refractivity contribution in [3.8, 4) is 23.0 Å². The molecule has 3 aromatic carbocycles. The molecule has 1 saturated heterocycles. The molecule has 2 amide bonds. The molecule has 3 aromatic rings. The Hall–Kier alpha value is -4.46. The molecule has 0 radical (unpaired) electrons. The van der Waals surface area contributed by atoms with Gasteiger partial charge in [0.1, 0.15) is 23.0 Å². The molecule has 0 aromatic heterocycles. The Bertz CT molecular complexity index is 1340. The Morgan fingerprint density at radius 1 is 0.865 bits per heavy atom. The van der Waals surface area contributed by atoms with Crippen LogP contribution >= 0.6 is 0 Å². The number of benzene rings is 3. The van der Waals surface area contributed by atoms with Crippen LogP contribution in [0.2, 0.25) is 0 Å². The molecule has 37 heavy (non-hydrogen) atoms. The van der Waals surface area contributed by atoms with E-state index >= 15 is 0 Å². The highest BCUT2D eigenvalue weighted by molar-refractivity contribution is 6.20. The molecule has 4 rings (SSSR count). The van der Waals surface area contributed by atoms with Gasteiger partial charge in [-0.1, -0.05) is 36.4 Å². The van der Waals surface area contributed by atoms with Gasteiger partial charge >= 0.3 is 0 Å². The predicted molar refractivity (Wildman–Crippen MR) is 143 cm³/mol. The number of nitrogens with zero attached hydrogens (tertiary/aromatic N) is 1. The number of nitrogens with one attached hydrogen (secondary N) is 1. The van der Waals surface area contributed by atoms with Crippen LogP contribution in [0.1, 0.15) is 18.9 Å². The zero-order valence-corrected chi connectivity index (χ0v) is 21.5. The molecule has 8 nitrogen and oxygen atoms in total. The Morgan fingerprint density at radius 2 is 1.49 bits per heavy atom. The van der Waals surface area contributed by atoms with Crippen molar-refractivity contribution in [3.63, 3.8) is 0 Å². The number of ether oxygens (including phenoxy) is 4. The highest BCUT2D eigenvalue weighted by Gasteiger charge is 2.59. The van der Waals surface area contributed by atoms with Crippen molar-refractivity contribution in [3.05, 3.63) is 77.9 Å². The molecular weight excluding hydrogens is 472 g/mol. The summed E-state index contributed by atoms with van der Waals surface area (Å²) in [4.78, 5) is 28.9. The van der Waals surface area contributed by atoms with E-state index in [-0.39, 0.29) is 12.3 Å². The van der Waals surface area contributed by atoms with Crippen LogP contribution in [0, 0.1) is 0 Å². The number of rotatable bonds is 9. The Balaban J connectivity index is 1.86. The first-order chi connectivity index (χ1) is 17.9. The third-order valence-electron chi connectivity index (χ3n) is 6.53. The van der Waals surface area contributed by atoms with Crippen molar-refractivity contribution >= 4 is 29.3 Å². The summed E-state index contributed by atoms with van der Waals surface area (Å²) in [5, 5.41) is 2.98. The van der Waals surface area contributed by atoms with Crippen molar-refractivity contribution in [1.82, 2.24) is 0 Å². The molecule has 1 aliphatic heterocycles. The zero-order valence-electron chi connectivity index (χ0n) is 21.5. The fourth-order valence-corrected chi connectivity index (χ4v) is 4.54. The minimum atomic E-state index is -1.33. The van der Waals surface area contributed by atoms with E-state index in [9.17, 15) is 9.59 Å². The monoisotopic (exact) mass is 502 g/mol. The molecule has 0 aliphatic carbocycles. The van der Waals surface area contributed by atoms with E-state index in [1.54, 1.807) is 50.6 Å². The van der Waals surface area contributed by atoms with Crippen LogP contribution in [0.5, 0.6) is 23.0 Å².